The summed E-state index contributed by atoms with van der Waals surface area (Å²) < 4.78 is 0. The molecule has 0 amide bonds. The van der Waals surface area contributed by atoms with E-state index in [1.807, 2.05) is 12.3 Å². The van der Waals surface area contributed by atoms with Crippen molar-refractivity contribution in [3.63, 3.8) is 0 Å². The highest BCUT2D eigenvalue weighted by Gasteiger charge is 2.15. The summed E-state index contributed by atoms with van der Waals surface area (Å²) in [6.07, 6.45) is 4.67. The first kappa shape index (κ1) is 15.4. The summed E-state index contributed by atoms with van der Waals surface area (Å²) in [7, 11) is 0. The summed E-state index contributed by atoms with van der Waals surface area (Å²) in [5.41, 5.74) is 0. The fourth-order valence-corrected chi connectivity index (χ4v) is 2.89. The molecular weight excluding hydrogens is 270 g/mol. The Labute approximate surface area is 125 Å². The molecule has 0 spiro atoms. The van der Waals surface area contributed by atoms with Crippen molar-refractivity contribution in [1.29, 1.82) is 0 Å². The van der Waals surface area contributed by atoms with Crippen LogP contribution in [0.1, 0.15) is 26.7 Å². The summed E-state index contributed by atoms with van der Waals surface area (Å²) in [6.45, 7) is 8.70. The van der Waals surface area contributed by atoms with Gasteiger partial charge in [0.15, 0.2) is 5.16 Å². The van der Waals surface area contributed by atoms with Crippen LogP contribution in [0.5, 0.6) is 0 Å². The van der Waals surface area contributed by atoms with Gasteiger partial charge in [-0.25, -0.2) is 9.97 Å². The van der Waals surface area contributed by atoms with Crippen LogP contribution >= 0.6 is 11.8 Å². The van der Waals surface area contributed by atoms with Crippen molar-refractivity contribution in [2.24, 2.45) is 0 Å². The lowest BCUT2D eigenvalue weighted by molar-refractivity contribution is 0.327. The molecule has 0 aromatic carbocycles. The summed E-state index contributed by atoms with van der Waals surface area (Å²) in [5, 5.41) is 7.56. The van der Waals surface area contributed by atoms with Crippen LogP contribution in [-0.2, 0) is 0 Å². The summed E-state index contributed by atoms with van der Waals surface area (Å²) in [5.74, 6) is 1.80. The van der Waals surface area contributed by atoms with E-state index in [9.17, 15) is 0 Å². The van der Waals surface area contributed by atoms with Crippen LogP contribution in [0.2, 0.25) is 0 Å². The first-order valence-electron chi connectivity index (χ1n) is 7.37. The Morgan fingerprint density at radius 2 is 2.00 bits per heavy atom. The molecule has 1 saturated heterocycles. The van der Waals surface area contributed by atoms with Crippen molar-refractivity contribution in [2.45, 2.75) is 37.9 Å². The van der Waals surface area contributed by atoms with E-state index in [1.165, 1.54) is 25.9 Å². The van der Waals surface area contributed by atoms with Gasteiger partial charge in [0.2, 0.25) is 0 Å². The molecule has 2 rings (SSSR count). The molecule has 1 aromatic rings. The topological polar surface area (TPSA) is 53.1 Å². The Morgan fingerprint density at radius 1 is 1.30 bits per heavy atom. The van der Waals surface area contributed by atoms with E-state index >= 15 is 0 Å². The average molecular weight is 295 g/mol. The molecule has 112 valence electrons. The molecule has 2 heterocycles. The fourth-order valence-electron chi connectivity index (χ4n) is 2.51. The van der Waals surface area contributed by atoms with Crippen LogP contribution in [0.3, 0.4) is 0 Å². The zero-order valence-electron chi connectivity index (χ0n) is 12.6. The van der Waals surface area contributed by atoms with Crippen molar-refractivity contribution in [1.82, 2.24) is 14.9 Å². The predicted octanol–water partition coefficient (Wildman–Crippen LogP) is 2.53. The van der Waals surface area contributed by atoms with Crippen LogP contribution in [0.4, 0.5) is 11.6 Å². The molecule has 1 atom stereocenters. The number of hydrogen-bond donors (Lipinski definition) is 2. The maximum Gasteiger partial charge on any atom is 0.191 e. The summed E-state index contributed by atoms with van der Waals surface area (Å²) >= 11 is 1.57. The van der Waals surface area contributed by atoms with Gasteiger partial charge < -0.3 is 15.5 Å². The van der Waals surface area contributed by atoms with Crippen LogP contribution in [0, 0.1) is 0 Å². The Hall–Kier alpha value is -1.01. The molecule has 20 heavy (non-hydrogen) atoms. The second-order valence-corrected chi connectivity index (χ2v) is 5.98. The van der Waals surface area contributed by atoms with Crippen molar-refractivity contribution in [3.05, 3.63) is 6.07 Å². The van der Waals surface area contributed by atoms with Crippen molar-refractivity contribution in [3.8, 4) is 0 Å². The van der Waals surface area contributed by atoms with Gasteiger partial charge in [0, 0.05) is 25.2 Å². The molecule has 0 radical (unpaired) electrons. The number of hydrogen-bond acceptors (Lipinski definition) is 6. The maximum absolute atomic E-state index is 4.53. The number of nitrogens with one attached hydrogen (secondary N) is 2. The van der Waals surface area contributed by atoms with E-state index < -0.39 is 0 Å². The molecular formula is C14H25N5S. The molecule has 1 fully saturated rings. The monoisotopic (exact) mass is 295 g/mol. The lowest BCUT2D eigenvalue weighted by Crippen LogP contribution is -2.33. The number of aromatic nitrogens is 2. The average Bonchev–Trinajstić information content (AvgIpc) is 2.91. The number of rotatable bonds is 7. The van der Waals surface area contributed by atoms with E-state index in [4.69, 9.17) is 0 Å². The van der Waals surface area contributed by atoms with E-state index in [2.05, 4.69) is 39.3 Å². The number of likely N-dealkylation sites (tertiary alicyclic amines) is 1. The van der Waals surface area contributed by atoms with Crippen LogP contribution in [-0.4, -0.2) is 53.3 Å². The zero-order valence-corrected chi connectivity index (χ0v) is 13.5. The molecule has 0 aliphatic carbocycles. The minimum absolute atomic E-state index is 0.396. The van der Waals surface area contributed by atoms with Crippen LogP contribution in [0.25, 0.3) is 0 Å². The fraction of sp³-hybridized carbons (Fsp3) is 0.714. The highest BCUT2D eigenvalue weighted by Crippen LogP contribution is 2.18. The first-order valence-corrected chi connectivity index (χ1v) is 8.59. The van der Waals surface area contributed by atoms with Crippen molar-refractivity contribution in [2.75, 3.05) is 43.1 Å². The van der Waals surface area contributed by atoms with Gasteiger partial charge >= 0.3 is 0 Å². The summed E-state index contributed by atoms with van der Waals surface area (Å²) in [4.78, 5) is 11.5. The Kier molecular flexibility index (Phi) is 5.91. The van der Waals surface area contributed by atoms with Gasteiger partial charge in [-0.15, -0.1) is 0 Å². The first-order chi connectivity index (χ1) is 9.71. The number of nitrogens with zero attached hydrogens (tertiary/aromatic N) is 3. The summed E-state index contributed by atoms with van der Waals surface area (Å²) in [6, 6.07) is 2.39. The molecule has 6 heteroatoms. The molecule has 0 saturated carbocycles. The van der Waals surface area contributed by atoms with Crippen molar-refractivity contribution >= 4 is 23.4 Å². The standard InChI is InChI=1S/C14H25N5S/c1-4-15-12-9-13(18-14(17-12)20-3)16-11(2)10-19-7-5-6-8-19/h9,11H,4-8,10H2,1-3H3,(H2,15,16,17,18). The van der Waals surface area contributed by atoms with Gasteiger partial charge in [-0.3, -0.25) is 0 Å². The highest BCUT2D eigenvalue weighted by molar-refractivity contribution is 7.98. The smallest absolute Gasteiger partial charge is 0.191 e. The van der Waals surface area contributed by atoms with E-state index in [1.54, 1.807) is 11.8 Å². The van der Waals surface area contributed by atoms with Gasteiger partial charge in [0.1, 0.15) is 11.6 Å². The molecule has 2 N–H and O–H groups in total. The van der Waals surface area contributed by atoms with Gasteiger partial charge in [0.05, 0.1) is 0 Å². The predicted molar refractivity (Wildman–Crippen MR) is 86.7 cm³/mol. The third-order valence-electron chi connectivity index (χ3n) is 3.37. The van der Waals surface area contributed by atoms with Gasteiger partial charge in [-0.1, -0.05) is 11.8 Å². The minimum atomic E-state index is 0.396. The van der Waals surface area contributed by atoms with Crippen molar-refractivity contribution < 1.29 is 0 Å². The normalized spacial score (nSPS) is 17.1. The Morgan fingerprint density at radius 3 is 2.65 bits per heavy atom. The van der Waals surface area contributed by atoms with Gasteiger partial charge in [-0.05, 0) is 46.0 Å². The Bertz CT molecular complexity index is 420. The van der Waals surface area contributed by atoms with E-state index in [0.717, 1.165) is 29.9 Å². The lowest BCUT2D eigenvalue weighted by Gasteiger charge is -2.22. The van der Waals surface area contributed by atoms with Crippen LogP contribution < -0.4 is 10.6 Å². The van der Waals surface area contributed by atoms with E-state index in [0.29, 0.717) is 6.04 Å². The molecule has 5 nitrogen and oxygen atoms in total. The lowest BCUT2D eigenvalue weighted by atomic mass is 10.3. The quantitative estimate of drug-likeness (QED) is 0.595. The molecule has 1 aliphatic heterocycles. The SMILES string of the molecule is CCNc1cc(NC(C)CN2CCCC2)nc(SC)n1. The second kappa shape index (κ2) is 7.69. The maximum atomic E-state index is 4.53. The zero-order chi connectivity index (χ0) is 14.4. The minimum Gasteiger partial charge on any atom is -0.370 e. The third kappa shape index (κ3) is 4.52. The molecule has 1 unspecified atom stereocenters. The van der Waals surface area contributed by atoms with E-state index in [-0.39, 0.29) is 0 Å². The highest BCUT2D eigenvalue weighted by atomic mass is 32.2. The molecule has 0 bridgehead atoms. The third-order valence-corrected chi connectivity index (χ3v) is 3.92. The second-order valence-electron chi connectivity index (χ2n) is 5.21. The van der Waals surface area contributed by atoms with Gasteiger partial charge in [-0.2, -0.15) is 0 Å². The van der Waals surface area contributed by atoms with Crippen LogP contribution in [0.15, 0.2) is 11.2 Å². The Balaban J connectivity index is 1.97. The van der Waals surface area contributed by atoms with Gasteiger partial charge in [0.25, 0.3) is 0 Å². The number of anilines is 2. The largest absolute Gasteiger partial charge is 0.370 e. The molecule has 1 aliphatic rings. The molecule has 1 aromatic heterocycles. The number of thioether (sulfide) groups is 1.